The molecule has 0 saturated carbocycles. The average Bonchev–Trinajstić information content (AvgIpc) is 2.86. The van der Waals surface area contributed by atoms with Crippen LogP contribution in [0.25, 0.3) is 0 Å². The van der Waals surface area contributed by atoms with E-state index in [1.54, 1.807) is 11.3 Å². The maximum Gasteiger partial charge on any atom is 0.109 e. The Morgan fingerprint density at radius 2 is 2.60 bits per heavy atom. The van der Waals surface area contributed by atoms with E-state index in [-0.39, 0.29) is 18.2 Å². The van der Waals surface area contributed by atoms with Crippen LogP contribution in [0.1, 0.15) is 24.4 Å². The van der Waals surface area contributed by atoms with Gasteiger partial charge in [-0.15, -0.1) is 11.3 Å². The lowest BCUT2D eigenvalue weighted by atomic mass is 10.1. The van der Waals surface area contributed by atoms with Gasteiger partial charge in [0.05, 0.1) is 31.4 Å². The summed E-state index contributed by atoms with van der Waals surface area (Å²) in [7, 11) is 0. The fourth-order valence-corrected chi connectivity index (χ4v) is 2.51. The van der Waals surface area contributed by atoms with Gasteiger partial charge >= 0.3 is 0 Å². The van der Waals surface area contributed by atoms with Crippen LogP contribution in [0.5, 0.6) is 0 Å². The molecule has 0 radical (unpaired) electrons. The molecule has 1 saturated heterocycles. The van der Waals surface area contributed by atoms with Crippen molar-refractivity contribution in [3.8, 4) is 0 Å². The molecule has 1 aliphatic heterocycles. The van der Waals surface area contributed by atoms with Gasteiger partial charge in [-0.2, -0.15) is 0 Å². The number of aliphatic hydroxyl groups excluding tert-OH is 1. The number of ether oxygens (including phenoxy) is 1. The second kappa shape index (κ2) is 5.03. The Kier molecular flexibility index (Phi) is 3.69. The fraction of sp³-hybridized carbons (Fsp3) is 0.700. The number of hydrogen-bond donors (Lipinski definition) is 2. The van der Waals surface area contributed by atoms with E-state index in [0.29, 0.717) is 13.2 Å². The molecule has 2 N–H and O–H groups in total. The van der Waals surface area contributed by atoms with Crippen molar-refractivity contribution in [1.29, 1.82) is 0 Å². The normalized spacial score (nSPS) is 28.1. The van der Waals surface area contributed by atoms with Crippen LogP contribution in [-0.4, -0.2) is 35.5 Å². The number of nitrogens with zero attached hydrogens (tertiary/aromatic N) is 1. The van der Waals surface area contributed by atoms with Crippen molar-refractivity contribution in [3.63, 3.8) is 0 Å². The van der Waals surface area contributed by atoms with Crippen molar-refractivity contribution in [1.82, 2.24) is 10.3 Å². The molecule has 3 atom stereocenters. The number of aliphatic hydroxyl groups is 1. The van der Waals surface area contributed by atoms with E-state index in [4.69, 9.17) is 4.74 Å². The quantitative estimate of drug-likeness (QED) is 0.805. The molecule has 0 spiro atoms. The molecule has 5 heteroatoms. The Balaban J connectivity index is 1.96. The minimum absolute atomic E-state index is 0.0406. The summed E-state index contributed by atoms with van der Waals surface area (Å²) >= 11 is 1.64. The molecule has 1 aliphatic rings. The third kappa shape index (κ3) is 2.55. The van der Waals surface area contributed by atoms with E-state index < -0.39 is 0 Å². The summed E-state index contributed by atoms with van der Waals surface area (Å²) in [6.07, 6.45) is 2.39. The van der Waals surface area contributed by atoms with Crippen molar-refractivity contribution in [2.45, 2.75) is 31.5 Å². The van der Waals surface area contributed by atoms with Gasteiger partial charge in [-0.05, 0) is 6.42 Å². The molecular weight excluding hydrogens is 212 g/mol. The fourth-order valence-electron chi connectivity index (χ4n) is 1.73. The van der Waals surface area contributed by atoms with Gasteiger partial charge in [0.2, 0.25) is 0 Å². The Labute approximate surface area is 93.3 Å². The van der Waals surface area contributed by atoms with Crippen LogP contribution in [0.4, 0.5) is 0 Å². The topological polar surface area (TPSA) is 54.4 Å². The first-order valence-corrected chi connectivity index (χ1v) is 6.10. The molecule has 1 fully saturated rings. The first-order chi connectivity index (χ1) is 7.31. The first-order valence-electron chi connectivity index (χ1n) is 5.22. The summed E-state index contributed by atoms with van der Waals surface area (Å²) in [5.41, 5.74) is 0. The summed E-state index contributed by atoms with van der Waals surface area (Å²) in [5.74, 6) is 0. The highest BCUT2D eigenvalue weighted by Crippen LogP contribution is 2.21. The molecule has 2 rings (SSSR count). The predicted octanol–water partition coefficient (Wildman–Crippen LogP) is 0.944. The van der Waals surface area contributed by atoms with Gasteiger partial charge in [0, 0.05) is 11.6 Å². The number of rotatable bonds is 4. The zero-order chi connectivity index (χ0) is 10.7. The highest BCUT2D eigenvalue weighted by Gasteiger charge is 2.28. The second-order valence-corrected chi connectivity index (χ2v) is 4.64. The predicted molar refractivity (Wildman–Crippen MR) is 58.9 cm³/mol. The van der Waals surface area contributed by atoms with Crippen molar-refractivity contribution in [2.24, 2.45) is 0 Å². The molecule has 1 aromatic rings. The second-order valence-electron chi connectivity index (χ2n) is 3.71. The maximum absolute atomic E-state index is 9.63. The SMILES string of the molecule is CCC(NC1COCC1O)c1nccs1. The van der Waals surface area contributed by atoms with E-state index in [2.05, 4.69) is 17.2 Å². The molecule has 0 aromatic carbocycles. The average molecular weight is 228 g/mol. The molecular formula is C10H16N2O2S. The van der Waals surface area contributed by atoms with Gasteiger partial charge in [-0.25, -0.2) is 4.98 Å². The molecule has 0 bridgehead atoms. The lowest BCUT2D eigenvalue weighted by Gasteiger charge is -2.21. The Morgan fingerprint density at radius 1 is 1.73 bits per heavy atom. The van der Waals surface area contributed by atoms with E-state index in [9.17, 15) is 5.11 Å². The Bertz CT molecular complexity index is 292. The van der Waals surface area contributed by atoms with Crippen LogP contribution < -0.4 is 5.32 Å². The Hall–Kier alpha value is -0.490. The molecule has 0 amide bonds. The third-order valence-corrected chi connectivity index (χ3v) is 3.51. The summed E-state index contributed by atoms with van der Waals surface area (Å²) in [5, 5.41) is 16.1. The van der Waals surface area contributed by atoms with Crippen molar-refractivity contribution < 1.29 is 9.84 Å². The van der Waals surface area contributed by atoms with Crippen molar-refractivity contribution >= 4 is 11.3 Å². The molecule has 3 unspecified atom stereocenters. The van der Waals surface area contributed by atoms with E-state index in [1.807, 2.05) is 11.6 Å². The lowest BCUT2D eigenvalue weighted by Crippen LogP contribution is -2.40. The smallest absolute Gasteiger partial charge is 0.109 e. The zero-order valence-corrected chi connectivity index (χ0v) is 9.54. The number of hydrogen-bond acceptors (Lipinski definition) is 5. The molecule has 2 heterocycles. The summed E-state index contributed by atoms with van der Waals surface area (Å²) in [4.78, 5) is 4.29. The van der Waals surface area contributed by atoms with E-state index >= 15 is 0 Å². The third-order valence-electron chi connectivity index (χ3n) is 2.62. The number of aromatic nitrogens is 1. The van der Waals surface area contributed by atoms with E-state index in [1.165, 1.54) is 0 Å². The van der Waals surface area contributed by atoms with Crippen LogP contribution in [0.3, 0.4) is 0 Å². The van der Waals surface area contributed by atoms with Gasteiger partial charge in [0.25, 0.3) is 0 Å². The number of nitrogens with one attached hydrogen (secondary N) is 1. The van der Waals surface area contributed by atoms with Crippen LogP contribution in [0.15, 0.2) is 11.6 Å². The van der Waals surface area contributed by atoms with Crippen LogP contribution in [-0.2, 0) is 4.74 Å². The zero-order valence-electron chi connectivity index (χ0n) is 8.72. The van der Waals surface area contributed by atoms with Crippen LogP contribution in [0, 0.1) is 0 Å². The molecule has 15 heavy (non-hydrogen) atoms. The van der Waals surface area contributed by atoms with Crippen LogP contribution >= 0.6 is 11.3 Å². The molecule has 84 valence electrons. The minimum atomic E-state index is -0.390. The van der Waals surface area contributed by atoms with Gasteiger partial charge in [-0.1, -0.05) is 6.92 Å². The van der Waals surface area contributed by atoms with Gasteiger partial charge in [-0.3, -0.25) is 0 Å². The van der Waals surface area contributed by atoms with Crippen molar-refractivity contribution in [2.75, 3.05) is 13.2 Å². The van der Waals surface area contributed by atoms with Crippen molar-refractivity contribution in [3.05, 3.63) is 16.6 Å². The molecule has 4 nitrogen and oxygen atoms in total. The minimum Gasteiger partial charge on any atom is -0.389 e. The van der Waals surface area contributed by atoms with Gasteiger partial charge in [0.15, 0.2) is 0 Å². The monoisotopic (exact) mass is 228 g/mol. The summed E-state index contributed by atoms with van der Waals surface area (Å²) in [6.45, 7) is 3.14. The highest BCUT2D eigenvalue weighted by atomic mass is 32.1. The maximum atomic E-state index is 9.63. The molecule has 0 aliphatic carbocycles. The summed E-state index contributed by atoms with van der Waals surface area (Å²) < 4.78 is 5.20. The van der Waals surface area contributed by atoms with E-state index in [0.717, 1.165) is 11.4 Å². The highest BCUT2D eigenvalue weighted by molar-refractivity contribution is 7.09. The van der Waals surface area contributed by atoms with Crippen LogP contribution in [0.2, 0.25) is 0 Å². The standard InChI is InChI=1S/C10H16N2O2S/c1-2-7(10-11-3-4-15-10)12-8-5-14-6-9(8)13/h3-4,7-9,12-13H,2,5-6H2,1H3. The number of thiazole rings is 1. The first kappa shape index (κ1) is 11.0. The Morgan fingerprint density at radius 3 is 3.13 bits per heavy atom. The largest absolute Gasteiger partial charge is 0.389 e. The van der Waals surface area contributed by atoms with Gasteiger partial charge in [0.1, 0.15) is 5.01 Å². The molecule has 1 aromatic heterocycles. The summed E-state index contributed by atoms with van der Waals surface area (Å²) in [6, 6.07) is 0.269. The van der Waals surface area contributed by atoms with Gasteiger partial charge < -0.3 is 15.2 Å². The lowest BCUT2D eigenvalue weighted by molar-refractivity contribution is 0.121.